The first-order chi connectivity index (χ1) is 8.81. The number of benzene rings is 2. The van der Waals surface area contributed by atoms with Gasteiger partial charge in [0.2, 0.25) is 0 Å². The first-order valence-corrected chi connectivity index (χ1v) is 6.28. The monoisotopic (exact) mass is 238 g/mol. The molecule has 0 aliphatic rings. The summed E-state index contributed by atoms with van der Waals surface area (Å²) in [5.74, 6) is 1.75. The van der Waals surface area contributed by atoms with Gasteiger partial charge in [-0.15, -0.1) is 6.58 Å². The Morgan fingerprint density at radius 1 is 0.889 bits per heavy atom. The van der Waals surface area contributed by atoms with E-state index in [-0.39, 0.29) is 0 Å². The Morgan fingerprint density at radius 2 is 1.39 bits per heavy atom. The maximum atomic E-state index is 5.79. The van der Waals surface area contributed by atoms with Gasteiger partial charge in [0.25, 0.3) is 0 Å². The second-order valence-corrected chi connectivity index (χ2v) is 4.24. The van der Waals surface area contributed by atoms with Crippen LogP contribution in [0, 0.1) is 0 Å². The number of aryl methyl sites for hydroxylation is 1. The Hall–Kier alpha value is -2.02. The summed E-state index contributed by atoms with van der Waals surface area (Å²) in [6, 6.07) is 16.3. The molecule has 0 saturated carbocycles. The predicted octanol–water partition coefficient (Wildman–Crippen LogP) is 4.77. The zero-order valence-electron chi connectivity index (χ0n) is 10.7. The van der Waals surface area contributed by atoms with Crippen molar-refractivity contribution in [1.82, 2.24) is 0 Å². The van der Waals surface area contributed by atoms with Crippen molar-refractivity contribution in [3.8, 4) is 11.5 Å². The fourth-order valence-electron chi connectivity index (χ4n) is 1.79. The maximum Gasteiger partial charge on any atom is 0.127 e. The van der Waals surface area contributed by atoms with E-state index in [1.54, 1.807) is 0 Å². The van der Waals surface area contributed by atoms with Crippen molar-refractivity contribution in [3.05, 3.63) is 72.3 Å². The quantitative estimate of drug-likeness (QED) is 0.682. The molecule has 0 aromatic heterocycles. The van der Waals surface area contributed by atoms with Crippen molar-refractivity contribution in [3.63, 3.8) is 0 Å². The standard InChI is InChI=1S/C17H18O/c1-3-5-15-8-12-17(13-9-15)18-16-10-6-14(4-2)7-11-16/h3,6-13H,1,4-5H2,2H3. The van der Waals surface area contributed by atoms with Crippen molar-refractivity contribution in [2.45, 2.75) is 19.8 Å². The highest BCUT2D eigenvalue weighted by molar-refractivity contribution is 5.34. The normalized spacial score (nSPS) is 10.1. The van der Waals surface area contributed by atoms with Crippen LogP contribution in [-0.4, -0.2) is 0 Å². The maximum absolute atomic E-state index is 5.79. The minimum atomic E-state index is 0.868. The van der Waals surface area contributed by atoms with Gasteiger partial charge in [-0.2, -0.15) is 0 Å². The van der Waals surface area contributed by atoms with Crippen LogP contribution in [-0.2, 0) is 12.8 Å². The first-order valence-electron chi connectivity index (χ1n) is 6.28. The fraction of sp³-hybridized carbons (Fsp3) is 0.176. The van der Waals surface area contributed by atoms with E-state index in [0.717, 1.165) is 24.3 Å². The Labute approximate surface area is 109 Å². The summed E-state index contributed by atoms with van der Waals surface area (Å²) in [6.45, 7) is 5.88. The van der Waals surface area contributed by atoms with Crippen LogP contribution in [0.25, 0.3) is 0 Å². The molecule has 0 amide bonds. The zero-order chi connectivity index (χ0) is 12.8. The highest BCUT2D eigenvalue weighted by Crippen LogP contribution is 2.22. The second kappa shape index (κ2) is 6.06. The second-order valence-electron chi connectivity index (χ2n) is 4.24. The van der Waals surface area contributed by atoms with Gasteiger partial charge in [0, 0.05) is 0 Å². The predicted molar refractivity (Wildman–Crippen MR) is 76.2 cm³/mol. The van der Waals surface area contributed by atoms with Crippen LogP contribution in [0.15, 0.2) is 61.2 Å². The van der Waals surface area contributed by atoms with E-state index in [0.29, 0.717) is 0 Å². The Morgan fingerprint density at radius 3 is 1.83 bits per heavy atom. The average Bonchev–Trinajstić information content (AvgIpc) is 2.42. The summed E-state index contributed by atoms with van der Waals surface area (Å²) in [6.07, 6.45) is 3.85. The van der Waals surface area contributed by atoms with Gasteiger partial charge >= 0.3 is 0 Å². The molecule has 0 heterocycles. The largest absolute Gasteiger partial charge is 0.457 e. The molecule has 1 nitrogen and oxygen atoms in total. The molecule has 0 atom stereocenters. The van der Waals surface area contributed by atoms with Gasteiger partial charge in [-0.05, 0) is 48.2 Å². The van der Waals surface area contributed by atoms with E-state index in [1.165, 1.54) is 11.1 Å². The number of hydrogen-bond acceptors (Lipinski definition) is 1. The number of rotatable bonds is 5. The molecule has 2 rings (SSSR count). The van der Waals surface area contributed by atoms with Crippen LogP contribution in [0.5, 0.6) is 11.5 Å². The SMILES string of the molecule is C=CCc1ccc(Oc2ccc(CC)cc2)cc1. The van der Waals surface area contributed by atoms with Crippen LogP contribution in [0.4, 0.5) is 0 Å². The minimum absolute atomic E-state index is 0.868. The van der Waals surface area contributed by atoms with E-state index in [1.807, 2.05) is 30.3 Å². The molecule has 0 aliphatic carbocycles. The van der Waals surface area contributed by atoms with Gasteiger partial charge in [0.05, 0.1) is 0 Å². The third-order valence-corrected chi connectivity index (χ3v) is 2.87. The lowest BCUT2D eigenvalue weighted by molar-refractivity contribution is 0.482. The van der Waals surface area contributed by atoms with Crippen LogP contribution in [0.1, 0.15) is 18.1 Å². The smallest absolute Gasteiger partial charge is 0.127 e. The van der Waals surface area contributed by atoms with Gasteiger partial charge < -0.3 is 4.74 Å². The van der Waals surface area contributed by atoms with Gasteiger partial charge in [0.1, 0.15) is 11.5 Å². The molecular formula is C17H18O. The Bertz CT molecular complexity index is 494. The van der Waals surface area contributed by atoms with E-state index in [2.05, 4.69) is 37.8 Å². The summed E-state index contributed by atoms with van der Waals surface area (Å²) in [5.41, 5.74) is 2.57. The van der Waals surface area contributed by atoms with Crippen LogP contribution >= 0.6 is 0 Å². The van der Waals surface area contributed by atoms with E-state index < -0.39 is 0 Å². The summed E-state index contributed by atoms with van der Waals surface area (Å²) in [7, 11) is 0. The van der Waals surface area contributed by atoms with Crippen molar-refractivity contribution < 1.29 is 4.74 Å². The van der Waals surface area contributed by atoms with Gasteiger partial charge in [0.15, 0.2) is 0 Å². The molecule has 0 spiro atoms. The Kier molecular flexibility index (Phi) is 4.19. The van der Waals surface area contributed by atoms with E-state index in [9.17, 15) is 0 Å². The molecule has 0 saturated heterocycles. The molecule has 1 heteroatoms. The lowest BCUT2D eigenvalue weighted by Crippen LogP contribution is -1.86. The molecule has 18 heavy (non-hydrogen) atoms. The molecule has 0 N–H and O–H groups in total. The third kappa shape index (κ3) is 3.24. The van der Waals surface area contributed by atoms with Crippen molar-refractivity contribution in [2.24, 2.45) is 0 Å². The molecule has 0 radical (unpaired) electrons. The zero-order valence-corrected chi connectivity index (χ0v) is 10.7. The molecule has 92 valence electrons. The highest BCUT2D eigenvalue weighted by Gasteiger charge is 1.97. The van der Waals surface area contributed by atoms with Gasteiger partial charge in [-0.3, -0.25) is 0 Å². The highest BCUT2D eigenvalue weighted by atomic mass is 16.5. The molecule has 2 aromatic carbocycles. The first kappa shape index (κ1) is 12.4. The van der Waals surface area contributed by atoms with Crippen molar-refractivity contribution in [2.75, 3.05) is 0 Å². The molecule has 0 fully saturated rings. The summed E-state index contributed by atoms with van der Waals surface area (Å²) >= 11 is 0. The van der Waals surface area contributed by atoms with Gasteiger partial charge in [-0.1, -0.05) is 37.3 Å². The van der Waals surface area contributed by atoms with Crippen molar-refractivity contribution >= 4 is 0 Å². The van der Waals surface area contributed by atoms with E-state index in [4.69, 9.17) is 4.74 Å². The van der Waals surface area contributed by atoms with Crippen LogP contribution in [0.2, 0.25) is 0 Å². The summed E-state index contributed by atoms with van der Waals surface area (Å²) in [5, 5.41) is 0. The lowest BCUT2D eigenvalue weighted by Gasteiger charge is -2.07. The molecule has 0 unspecified atom stereocenters. The topological polar surface area (TPSA) is 9.23 Å². The van der Waals surface area contributed by atoms with E-state index >= 15 is 0 Å². The Balaban J connectivity index is 2.05. The summed E-state index contributed by atoms with van der Waals surface area (Å²) < 4.78 is 5.79. The van der Waals surface area contributed by atoms with Gasteiger partial charge in [-0.25, -0.2) is 0 Å². The molecule has 0 bridgehead atoms. The van der Waals surface area contributed by atoms with Crippen LogP contribution < -0.4 is 4.74 Å². The third-order valence-electron chi connectivity index (χ3n) is 2.87. The average molecular weight is 238 g/mol. The molecule has 0 aliphatic heterocycles. The number of allylic oxidation sites excluding steroid dienone is 1. The van der Waals surface area contributed by atoms with Crippen LogP contribution in [0.3, 0.4) is 0 Å². The minimum Gasteiger partial charge on any atom is -0.457 e. The fourth-order valence-corrected chi connectivity index (χ4v) is 1.79. The molecular weight excluding hydrogens is 220 g/mol. The summed E-state index contributed by atoms with van der Waals surface area (Å²) in [4.78, 5) is 0. The number of hydrogen-bond donors (Lipinski definition) is 0. The molecule has 2 aromatic rings. The lowest BCUT2D eigenvalue weighted by atomic mass is 10.1. The van der Waals surface area contributed by atoms with Crippen molar-refractivity contribution in [1.29, 1.82) is 0 Å². The number of ether oxygens (including phenoxy) is 1.